The molecule has 4 N–H and O–H groups in total. The van der Waals surface area contributed by atoms with Crippen LogP contribution in [0.15, 0.2) is 48.5 Å². The monoisotopic (exact) mass is 478 g/mol. The van der Waals surface area contributed by atoms with E-state index < -0.39 is 5.97 Å². The number of esters is 2. The normalized spacial score (nSPS) is 17.9. The molecule has 2 aromatic carbocycles. The van der Waals surface area contributed by atoms with Crippen molar-refractivity contribution in [1.29, 1.82) is 0 Å². The molecule has 3 rings (SSSR count). The maximum Gasteiger partial charge on any atom is 0.330 e. The molecule has 0 heterocycles. The SMILES string of the molecule is CCCCCC1CCC(C(=O)Oc2ccc(C=CC(=O)OCCc3cc(N)cc(N)c3)cc2)CC1. The van der Waals surface area contributed by atoms with E-state index in [1.165, 1.54) is 31.8 Å². The average Bonchev–Trinajstić information content (AvgIpc) is 2.83. The van der Waals surface area contributed by atoms with Crippen LogP contribution in [-0.2, 0) is 20.7 Å². The van der Waals surface area contributed by atoms with E-state index in [1.54, 1.807) is 24.3 Å². The van der Waals surface area contributed by atoms with Gasteiger partial charge in [0.05, 0.1) is 12.5 Å². The topological polar surface area (TPSA) is 105 Å². The molecular weight excluding hydrogens is 440 g/mol. The highest BCUT2D eigenvalue weighted by Gasteiger charge is 2.27. The van der Waals surface area contributed by atoms with Crippen molar-refractivity contribution in [2.75, 3.05) is 18.1 Å². The maximum absolute atomic E-state index is 12.6. The van der Waals surface area contributed by atoms with Crippen molar-refractivity contribution in [1.82, 2.24) is 0 Å². The number of anilines is 2. The van der Waals surface area contributed by atoms with Crippen molar-refractivity contribution in [3.8, 4) is 5.75 Å². The lowest BCUT2D eigenvalue weighted by Crippen LogP contribution is -2.25. The number of carbonyl (C=O) groups excluding carboxylic acids is 2. The van der Waals surface area contributed by atoms with Crippen LogP contribution in [-0.4, -0.2) is 18.5 Å². The third kappa shape index (κ3) is 9.12. The molecule has 188 valence electrons. The molecule has 0 spiro atoms. The molecule has 1 aliphatic rings. The smallest absolute Gasteiger partial charge is 0.330 e. The van der Waals surface area contributed by atoms with Gasteiger partial charge in [0.2, 0.25) is 0 Å². The van der Waals surface area contributed by atoms with E-state index in [9.17, 15) is 9.59 Å². The zero-order valence-corrected chi connectivity index (χ0v) is 20.7. The maximum atomic E-state index is 12.6. The molecule has 1 aliphatic carbocycles. The van der Waals surface area contributed by atoms with Gasteiger partial charge in [0.1, 0.15) is 5.75 Å². The van der Waals surface area contributed by atoms with Crippen LogP contribution < -0.4 is 16.2 Å². The Morgan fingerprint density at radius 2 is 1.66 bits per heavy atom. The van der Waals surface area contributed by atoms with Gasteiger partial charge in [0.25, 0.3) is 0 Å². The number of hydrogen-bond acceptors (Lipinski definition) is 6. The van der Waals surface area contributed by atoms with Crippen LogP contribution in [0.5, 0.6) is 5.75 Å². The van der Waals surface area contributed by atoms with Crippen molar-refractivity contribution in [2.45, 2.75) is 64.7 Å². The predicted molar refractivity (Wildman–Crippen MR) is 141 cm³/mol. The number of ether oxygens (including phenoxy) is 2. The summed E-state index contributed by atoms with van der Waals surface area (Å²) in [7, 11) is 0. The van der Waals surface area contributed by atoms with Crippen LogP contribution in [0.1, 0.15) is 69.4 Å². The first-order valence-electron chi connectivity index (χ1n) is 12.7. The number of nitrogens with two attached hydrogens (primary N) is 2. The number of rotatable bonds is 11. The molecule has 0 saturated heterocycles. The van der Waals surface area contributed by atoms with Gasteiger partial charge >= 0.3 is 11.9 Å². The molecule has 2 aromatic rings. The molecule has 35 heavy (non-hydrogen) atoms. The summed E-state index contributed by atoms with van der Waals surface area (Å²) in [5.41, 5.74) is 14.5. The molecular formula is C29H38N2O4. The fraction of sp³-hybridized carbons (Fsp3) is 0.448. The standard InChI is InChI=1S/C29H38N2O4/c1-2-3-4-5-21-6-11-24(12-7-21)29(33)35-27-13-8-22(9-14-27)10-15-28(32)34-17-16-23-18-25(30)20-26(31)19-23/h8-10,13-15,18-21,24H,2-7,11-12,16-17,30-31H2,1H3. The fourth-order valence-corrected chi connectivity index (χ4v) is 4.59. The summed E-state index contributed by atoms with van der Waals surface area (Å²) in [6.07, 6.45) is 12.8. The van der Waals surface area contributed by atoms with Crippen LogP contribution in [0, 0.1) is 11.8 Å². The number of nitrogen functional groups attached to an aromatic ring is 2. The summed E-state index contributed by atoms with van der Waals surface area (Å²) in [4.78, 5) is 24.6. The van der Waals surface area contributed by atoms with Crippen molar-refractivity contribution in [3.63, 3.8) is 0 Å². The van der Waals surface area contributed by atoms with Gasteiger partial charge in [0.15, 0.2) is 0 Å². The molecule has 0 unspecified atom stereocenters. The highest BCUT2D eigenvalue weighted by atomic mass is 16.5. The summed E-state index contributed by atoms with van der Waals surface area (Å²) in [6.45, 7) is 2.47. The zero-order chi connectivity index (χ0) is 25.0. The molecule has 0 radical (unpaired) electrons. The summed E-state index contributed by atoms with van der Waals surface area (Å²) in [5, 5.41) is 0. The Bertz CT molecular complexity index is 972. The summed E-state index contributed by atoms with van der Waals surface area (Å²) in [5.74, 6) is 0.726. The van der Waals surface area contributed by atoms with Gasteiger partial charge in [-0.3, -0.25) is 4.79 Å². The van der Waals surface area contributed by atoms with E-state index in [1.807, 2.05) is 24.3 Å². The first-order valence-corrected chi connectivity index (χ1v) is 12.7. The van der Waals surface area contributed by atoms with Gasteiger partial charge in [-0.1, -0.05) is 44.7 Å². The van der Waals surface area contributed by atoms with Crippen molar-refractivity contribution in [3.05, 3.63) is 59.7 Å². The Hall–Kier alpha value is -3.28. The van der Waals surface area contributed by atoms with Crippen LogP contribution in [0.25, 0.3) is 6.08 Å². The Labute approximate surface area is 208 Å². The molecule has 1 saturated carbocycles. The van der Waals surface area contributed by atoms with Gasteiger partial charge in [-0.2, -0.15) is 0 Å². The molecule has 0 aromatic heterocycles. The molecule has 0 aliphatic heterocycles. The van der Waals surface area contributed by atoms with Gasteiger partial charge in [0, 0.05) is 23.9 Å². The molecule has 0 atom stereocenters. The lowest BCUT2D eigenvalue weighted by Gasteiger charge is -2.27. The highest BCUT2D eigenvalue weighted by Crippen LogP contribution is 2.33. The Balaban J connectivity index is 1.38. The van der Waals surface area contributed by atoms with E-state index in [0.29, 0.717) is 23.5 Å². The van der Waals surface area contributed by atoms with Crippen molar-refractivity contribution in [2.24, 2.45) is 11.8 Å². The summed E-state index contributed by atoms with van der Waals surface area (Å²) in [6, 6.07) is 12.4. The fourth-order valence-electron chi connectivity index (χ4n) is 4.59. The number of carbonyl (C=O) groups is 2. The third-order valence-corrected chi connectivity index (χ3v) is 6.58. The number of benzene rings is 2. The Morgan fingerprint density at radius 1 is 0.971 bits per heavy atom. The minimum absolute atomic E-state index is 0.00413. The first kappa shape index (κ1) is 26.3. The first-order chi connectivity index (χ1) is 16.9. The average molecular weight is 479 g/mol. The van der Waals surface area contributed by atoms with Crippen LogP contribution in [0.2, 0.25) is 0 Å². The Morgan fingerprint density at radius 3 is 2.31 bits per heavy atom. The van der Waals surface area contributed by atoms with E-state index in [4.69, 9.17) is 20.9 Å². The van der Waals surface area contributed by atoms with Crippen molar-refractivity contribution >= 4 is 29.4 Å². The predicted octanol–water partition coefficient (Wildman–Crippen LogP) is 5.94. The lowest BCUT2D eigenvalue weighted by atomic mass is 9.80. The number of unbranched alkanes of at least 4 members (excludes halogenated alkanes) is 2. The zero-order valence-electron chi connectivity index (χ0n) is 20.7. The second-order valence-corrected chi connectivity index (χ2v) is 9.46. The molecule has 0 amide bonds. The van der Waals surface area contributed by atoms with E-state index in [-0.39, 0.29) is 18.5 Å². The van der Waals surface area contributed by atoms with Crippen LogP contribution in [0.4, 0.5) is 11.4 Å². The lowest BCUT2D eigenvalue weighted by molar-refractivity contribution is -0.140. The van der Waals surface area contributed by atoms with Gasteiger partial charge in [-0.25, -0.2) is 4.79 Å². The van der Waals surface area contributed by atoms with E-state index >= 15 is 0 Å². The largest absolute Gasteiger partial charge is 0.462 e. The van der Waals surface area contributed by atoms with E-state index in [2.05, 4.69) is 6.92 Å². The molecule has 6 nitrogen and oxygen atoms in total. The number of hydrogen-bond donors (Lipinski definition) is 2. The summed E-state index contributed by atoms with van der Waals surface area (Å²) >= 11 is 0. The van der Waals surface area contributed by atoms with Gasteiger partial charge in [-0.05, 0) is 79.1 Å². The Kier molecular flexibility index (Phi) is 10.2. The van der Waals surface area contributed by atoms with Gasteiger partial charge in [-0.15, -0.1) is 0 Å². The minimum atomic E-state index is -0.428. The minimum Gasteiger partial charge on any atom is -0.462 e. The third-order valence-electron chi connectivity index (χ3n) is 6.58. The quantitative estimate of drug-likeness (QED) is 0.136. The highest BCUT2D eigenvalue weighted by molar-refractivity contribution is 5.87. The van der Waals surface area contributed by atoms with Crippen LogP contribution >= 0.6 is 0 Å². The molecule has 6 heteroatoms. The second-order valence-electron chi connectivity index (χ2n) is 9.46. The van der Waals surface area contributed by atoms with Gasteiger partial charge < -0.3 is 20.9 Å². The second kappa shape index (κ2) is 13.6. The summed E-state index contributed by atoms with van der Waals surface area (Å²) < 4.78 is 10.9. The molecule has 0 bridgehead atoms. The van der Waals surface area contributed by atoms with Crippen molar-refractivity contribution < 1.29 is 19.1 Å². The molecule has 1 fully saturated rings. The van der Waals surface area contributed by atoms with E-state index in [0.717, 1.165) is 42.7 Å². The van der Waals surface area contributed by atoms with Crippen LogP contribution in [0.3, 0.4) is 0 Å².